The number of aromatic amines is 2. The molecule has 0 saturated carbocycles. The summed E-state index contributed by atoms with van der Waals surface area (Å²) in [6.07, 6.45) is 0.0126. The zero-order valence-corrected chi connectivity index (χ0v) is 12.7. The van der Waals surface area contributed by atoms with Crippen molar-refractivity contribution in [3.63, 3.8) is 0 Å². The highest BCUT2D eigenvalue weighted by Crippen LogP contribution is 2.19. The second kappa shape index (κ2) is 6.74. The number of carbonyl (C=O) groups is 2. The number of rotatable bonds is 5. The minimum atomic E-state index is -1.28. The maximum Gasteiger partial charge on any atom is 0.341 e. The number of aromatic carboxylic acids is 1. The summed E-state index contributed by atoms with van der Waals surface area (Å²) in [6.45, 7) is 0. The van der Waals surface area contributed by atoms with Gasteiger partial charge in [-0.1, -0.05) is 12.1 Å². The van der Waals surface area contributed by atoms with Gasteiger partial charge in [0.15, 0.2) is 5.82 Å². The normalized spacial score (nSPS) is 10.4. The van der Waals surface area contributed by atoms with Gasteiger partial charge >= 0.3 is 5.97 Å². The van der Waals surface area contributed by atoms with Crippen LogP contribution in [0.5, 0.6) is 0 Å². The van der Waals surface area contributed by atoms with Crippen LogP contribution in [-0.2, 0) is 11.2 Å². The third kappa shape index (κ3) is 3.75. The Labute approximate surface area is 139 Å². The first-order valence-electron chi connectivity index (χ1n) is 7.12. The number of benzene rings is 1. The van der Waals surface area contributed by atoms with Crippen LogP contribution >= 0.6 is 0 Å². The fraction of sp³-hybridized carbons (Fsp3) is 0.0667. The van der Waals surface area contributed by atoms with E-state index in [-0.39, 0.29) is 17.9 Å². The molecule has 0 atom stereocenters. The van der Waals surface area contributed by atoms with Crippen molar-refractivity contribution in [3.05, 3.63) is 58.1 Å². The Morgan fingerprint density at radius 2 is 1.88 bits per heavy atom. The predicted octanol–water partition coefficient (Wildman–Crippen LogP) is 0.434. The Bertz CT molecular complexity index is 962. The van der Waals surface area contributed by atoms with E-state index in [9.17, 15) is 14.4 Å². The summed E-state index contributed by atoms with van der Waals surface area (Å²) in [6, 6.07) is 9.46. The van der Waals surface area contributed by atoms with E-state index in [0.29, 0.717) is 22.8 Å². The lowest BCUT2D eigenvalue weighted by molar-refractivity contribution is -0.115. The fourth-order valence-electron chi connectivity index (χ4n) is 2.15. The van der Waals surface area contributed by atoms with Gasteiger partial charge in [-0.2, -0.15) is 0 Å². The predicted molar refractivity (Wildman–Crippen MR) is 86.0 cm³/mol. The SMILES string of the molecule is O=C(Cc1nnn[nH]1)Nc1ccc(-c2ccc(C(=O)O)c(=O)[nH]2)cc1. The lowest BCUT2D eigenvalue weighted by atomic mass is 10.1. The monoisotopic (exact) mass is 340 g/mol. The van der Waals surface area contributed by atoms with Crippen LogP contribution in [0.2, 0.25) is 0 Å². The molecule has 2 heterocycles. The summed E-state index contributed by atoms with van der Waals surface area (Å²) in [5.74, 6) is -1.22. The molecular weight excluding hydrogens is 328 g/mol. The van der Waals surface area contributed by atoms with E-state index in [4.69, 9.17) is 5.11 Å². The van der Waals surface area contributed by atoms with Crippen LogP contribution < -0.4 is 10.9 Å². The quantitative estimate of drug-likeness (QED) is 0.525. The van der Waals surface area contributed by atoms with Crippen LogP contribution in [0.3, 0.4) is 0 Å². The molecule has 0 spiro atoms. The maximum atomic E-state index is 11.9. The van der Waals surface area contributed by atoms with Crippen molar-refractivity contribution in [2.24, 2.45) is 0 Å². The molecule has 10 heteroatoms. The van der Waals surface area contributed by atoms with Gasteiger partial charge in [0.25, 0.3) is 5.56 Å². The van der Waals surface area contributed by atoms with Crippen molar-refractivity contribution in [2.75, 3.05) is 5.32 Å². The fourth-order valence-corrected chi connectivity index (χ4v) is 2.15. The summed E-state index contributed by atoms with van der Waals surface area (Å²) in [5, 5.41) is 24.4. The average Bonchev–Trinajstić information content (AvgIpc) is 3.08. The van der Waals surface area contributed by atoms with Crippen LogP contribution in [0.25, 0.3) is 11.3 Å². The molecule has 10 nitrogen and oxygen atoms in total. The molecular formula is C15H12N6O4. The minimum Gasteiger partial charge on any atom is -0.477 e. The molecule has 126 valence electrons. The molecule has 1 aromatic carbocycles. The Hall–Kier alpha value is -3.82. The van der Waals surface area contributed by atoms with E-state index in [1.54, 1.807) is 24.3 Å². The number of hydrogen-bond donors (Lipinski definition) is 4. The van der Waals surface area contributed by atoms with Gasteiger partial charge in [0, 0.05) is 11.4 Å². The average molecular weight is 340 g/mol. The Morgan fingerprint density at radius 1 is 1.12 bits per heavy atom. The van der Waals surface area contributed by atoms with Crippen molar-refractivity contribution < 1.29 is 14.7 Å². The van der Waals surface area contributed by atoms with Gasteiger partial charge in [0.2, 0.25) is 5.91 Å². The van der Waals surface area contributed by atoms with Crippen molar-refractivity contribution in [1.29, 1.82) is 0 Å². The van der Waals surface area contributed by atoms with E-state index in [2.05, 4.69) is 30.9 Å². The molecule has 0 aliphatic heterocycles. The summed E-state index contributed by atoms with van der Waals surface area (Å²) in [5.41, 5.74) is 0.704. The van der Waals surface area contributed by atoms with Crippen LogP contribution in [0.1, 0.15) is 16.2 Å². The second-order valence-corrected chi connectivity index (χ2v) is 5.07. The molecule has 4 N–H and O–H groups in total. The summed E-state index contributed by atoms with van der Waals surface area (Å²) < 4.78 is 0. The van der Waals surface area contributed by atoms with Gasteiger partial charge in [0.05, 0.1) is 6.42 Å². The van der Waals surface area contributed by atoms with E-state index < -0.39 is 11.5 Å². The summed E-state index contributed by atoms with van der Waals surface area (Å²) in [4.78, 5) is 36.9. The van der Waals surface area contributed by atoms with E-state index in [0.717, 1.165) is 0 Å². The first-order chi connectivity index (χ1) is 12.0. The van der Waals surface area contributed by atoms with Gasteiger partial charge < -0.3 is 15.4 Å². The lowest BCUT2D eigenvalue weighted by Gasteiger charge is -2.06. The smallest absolute Gasteiger partial charge is 0.341 e. The van der Waals surface area contributed by atoms with Gasteiger partial charge in [-0.05, 0) is 40.3 Å². The minimum absolute atomic E-state index is 0.0126. The number of anilines is 1. The van der Waals surface area contributed by atoms with Gasteiger partial charge in [-0.15, -0.1) is 5.10 Å². The molecule has 0 unspecified atom stereocenters. The number of nitrogens with one attached hydrogen (secondary N) is 3. The standard InChI is InChI=1S/C15H12N6O4/c22-13(7-12-18-20-21-19-12)16-9-3-1-8(2-4-9)11-6-5-10(15(24)25)14(23)17-11/h1-6H,7H2,(H,16,22)(H,17,23)(H,24,25)(H,18,19,20,21). The lowest BCUT2D eigenvalue weighted by Crippen LogP contribution is -2.17. The van der Waals surface area contributed by atoms with Crippen LogP contribution in [-0.4, -0.2) is 42.6 Å². The molecule has 0 saturated heterocycles. The molecule has 0 aliphatic carbocycles. The number of nitrogens with zero attached hydrogens (tertiary/aromatic N) is 3. The Morgan fingerprint density at radius 3 is 2.48 bits per heavy atom. The van der Waals surface area contributed by atoms with Crippen molar-refractivity contribution >= 4 is 17.6 Å². The number of carboxylic acids is 1. The number of H-pyrrole nitrogens is 2. The first kappa shape index (κ1) is 16.1. The van der Waals surface area contributed by atoms with Gasteiger partial charge in [0.1, 0.15) is 5.56 Å². The largest absolute Gasteiger partial charge is 0.477 e. The number of pyridine rings is 1. The molecule has 0 fully saturated rings. The molecule has 0 bridgehead atoms. The first-order valence-corrected chi connectivity index (χ1v) is 7.12. The third-order valence-electron chi connectivity index (χ3n) is 3.34. The Kier molecular flexibility index (Phi) is 4.33. The van der Waals surface area contributed by atoms with E-state index in [1.165, 1.54) is 12.1 Å². The maximum absolute atomic E-state index is 11.9. The number of carbonyl (C=O) groups excluding carboxylic acids is 1. The molecule has 1 amide bonds. The second-order valence-electron chi connectivity index (χ2n) is 5.07. The van der Waals surface area contributed by atoms with Gasteiger partial charge in [-0.3, -0.25) is 9.59 Å². The molecule has 0 aliphatic rings. The van der Waals surface area contributed by atoms with Crippen LogP contribution in [0.15, 0.2) is 41.2 Å². The highest BCUT2D eigenvalue weighted by atomic mass is 16.4. The van der Waals surface area contributed by atoms with Crippen LogP contribution in [0.4, 0.5) is 5.69 Å². The van der Waals surface area contributed by atoms with E-state index >= 15 is 0 Å². The summed E-state index contributed by atoms with van der Waals surface area (Å²) >= 11 is 0. The molecule has 3 rings (SSSR count). The summed E-state index contributed by atoms with van der Waals surface area (Å²) in [7, 11) is 0. The zero-order chi connectivity index (χ0) is 17.8. The number of hydrogen-bond acceptors (Lipinski definition) is 6. The highest BCUT2D eigenvalue weighted by Gasteiger charge is 2.10. The van der Waals surface area contributed by atoms with Gasteiger partial charge in [-0.25, -0.2) is 9.89 Å². The molecule has 0 radical (unpaired) electrons. The number of amides is 1. The highest BCUT2D eigenvalue weighted by molar-refractivity contribution is 5.92. The third-order valence-corrected chi connectivity index (χ3v) is 3.34. The van der Waals surface area contributed by atoms with E-state index in [1.807, 2.05) is 0 Å². The number of aromatic nitrogens is 5. The molecule has 3 aromatic rings. The topological polar surface area (TPSA) is 154 Å². The number of carboxylic acid groups (broad SMARTS) is 1. The van der Waals surface area contributed by atoms with Crippen molar-refractivity contribution in [3.8, 4) is 11.3 Å². The van der Waals surface area contributed by atoms with Crippen molar-refractivity contribution in [1.82, 2.24) is 25.6 Å². The zero-order valence-electron chi connectivity index (χ0n) is 12.7. The molecule has 2 aromatic heterocycles. The van der Waals surface area contributed by atoms with Crippen molar-refractivity contribution in [2.45, 2.75) is 6.42 Å². The Balaban J connectivity index is 1.72. The van der Waals surface area contributed by atoms with Crippen LogP contribution in [0, 0.1) is 0 Å². The number of tetrazole rings is 1. The molecule has 25 heavy (non-hydrogen) atoms.